The molecule has 0 radical (unpaired) electrons. The molecule has 1 fully saturated rings. The highest BCUT2D eigenvalue weighted by atomic mass is 19.1. The minimum atomic E-state index is -0.991. The highest BCUT2D eigenvalue weighted by Gasteiger charge is 2.48. The summed E-state index contributed by atoms with van der Waals surface area (Å²) in [5, 5.41) is 13.7. The van der Waals surface area contributed by atoms with Gasteiger partial charge in [-0.05, 0) is 71.5 Å². The zero-order valence-electron chi connectivity index (χ0n) is 26.6. The van der Waals surface area contributed by atoms with E-state index in [0.29, 0.717) is 71.4 Å². The molecule has 5 rings (SSSR count). The molecule has 2 aliphatic heterocycles. The summed E-state index contributed by atoms with van der Waals surface area (Å²) in [7, 11) is 3.16. The Bertz CT molecular complexity index is 1520. The number of benzene rings is 3. The number of fused-ring (bicyclic) bond motifs is 1. The monoisotopic (exact) mass is 636 g/mol. The summed E-state index contributed by atoms with van der Waals surface area (Å²) in [5.41, 5.74) is 3.47. The highest BCUT2D eigenvalue weighted by Crippen LogP contribution is 2.50. The number of aliphatic carboxylic acids is 1. The molecule has 46 heavy (non-hydrogen) atoms. The molecule has 0 bridgehead atoms. The van der Waals surface area contributed by atoms with E-state index in [2.05, 4.69) is 5.32 Å². The van der Waals surface area contributed by atoms with Crippen LogP contribution in [0.1, 0.15) is 54.5 Å². The van der Waals surface area contributed by atoms with Gasteiger partial charge in [0.05, 0.1) is 26.2 Å². The normalized spacial score (nSPS) is 18.8. The molecule has 10 nitrogen and oxygen atoms in total. The molecule has 2 heterocycles. The lowest BCUT2D eigenvalue weighted by Gasteiger charge is -2.27. The molecule has 2 aliphatic rings. The minimum Gasteiger partial charge on any atom is -0.494 e. The number of halogens is 1. The van der Waals surface area contributed by atoms with Gasteiger partial charge in [-0.15, -0.1) is 0 Å². The van der Waals surface area contributed by atoms with Crippen molar-refractivity contribution in [1.29, 1.82) is 0 Å². The highest BCUT2D eigenvalue weighted by molar-refractivity contribution is 5.94. The average Bonchev–Trinajstić information content (AvgIpc) is 3.68. The second kappa shape index (κ2) is 14.8. The third kappa shape index (κ3) is 7.05. The number of aryl methyl sites for hydroxylation is 2. The van der Waals surface area contributed by atoms with E-state index in [4.69, 9.17) is 23.7 Å². The van der Waals surface area contributed by atoms with Gasteiger partial charge in [0.2, 0.25) is 18.4 Å². The number of ether oxygens (including phenoxy) is 5. The van der Waals surface area contributed by atoms with Crippen LogP contribution in [0.15, 0.2) is 48.5 Å². The first-order chi connectivity index (χ1) is 22.3. The van der Waals surface area contributed by atoms with E-state index in [0.717, 1.165) is 12.0 Å². The molecule has 3 atom stereocenters. The van der Waals surface area contributed by atoms with Crippen molar-refractivity contribution in [1.82, 2.24) is 4.90 Å². The SMILES string of the molecule is CCc1cc(F)cc(CC)c1NC(=O)CN1C[C@H](c2cc(OC)c3c(c2)OCO3)C(C(=O)O)[C@@H]1c1ccc(OCCCOC)cc1. The molecular weight excluding hydrogens is 595 g/mol. The van der Waals surface area contributed by atoms with Crippen LogP contribution in [0.5, 0.6) is 23.0 Å². The van der Waals surface area contributed by atoms with Gasteiger partial charge in [-0.2, -0.15) is 0 Å². The standard InChI is InChI=1S/C35H41FN2O8/c1-5-21-14-25(36)15-22(6-2)32(21)37-30(39)19-38-18-27(24-16-28(43-4)34-29(17-24)45-20-46-34)31(35(40)41)33(38)23-8-10-26(11-9-23)44-13-7-12-42-3/h8-11,14-17,27,31,33H,5-7,12-13,18-20H2,1-4H3,(H,37,39)(H,40,41)/t27-,31?,33+/m1/s1. The summed E-state index contributed by atoms with van der Waals surface area (Å²) in [6, 6.07) is 13.1. The zero-order chi connectivity index (χ0) is 32.8. The van der Waals surface area contributed by atoms with Gasteiger partial charge in [0, 0.05) is 44.3 Å². The third-order valence-electron chi connectivity index (χ3n) is 8.61. The van der Waals surface area contributed by atoms with E-state index in [9.17, 15) is 19.1 Å². The van der Waals surface area contributed by atoms with Gasteiger partial charge in [0.25, 0.3) is 0 Å². The molecule has 3 aromatic rings. The fraction of sp³-hybridized carbons (Fsp3) is 0.429. The number of carbonyl (C=O) groups excluding carboxylic acids is 1. The molecule has 1 saturated heterocycles. The molecule has 11 heteroatoms. The fourth-order valence-corrected chi connectivity index (χ4v) is 6.45. The maximum Gasteiger partial charge on any atom is 0.309 e. The summed E-state index contributed by atoms with van der Waals surface area (Å²) >= 11 is 0. The molecule has 0 spiro atoms. The molecule has 246 valence electrons. The third-order valence-corrected chi connectivity index (χ3v) is 8.61. The number of carbonyl (C=O) groups is 2. The number of anilines is 1. The van der Waals surface area contributed by atoms with Crippen molar-refractivity contribution in [2.75, 3.05) is 52.6 Å². The van der Waals surface area contributed by atoms with E-state index in [1.54, 1.807) is 19.2 Å². The van der Waals surface area contributed by atoms with Crippen LogP contribution in [-0.2, 0) is 27.2 Å². The number of carboxylic acid groups (broad SMARTS) is 1. The van der Waals surface area contributed by atoms with Gasteiger partial charge in [0.1, 0.15) is 11.6 Å². The Morgan fingerprint density at radius 3 is 2.35 bits per heavy atom. The van der Waals surface area contributed by atoms with Crippen LogP contribution in [0.3, 0.4) is 0 Å². The molecule has 2 N–H and O–H groups in total. The van der Waals surface area contributed by atoms with Crippen LogP contribution in [0.25, 0.3) is 0 Å². The van der Waals surface area contributed by atoms with Gasteiger partial charge in [0.15, 0.2) is 11.5 Å². The zero-order valence-corrected chi connectivity index (χ0v) is 26.6. The topological polar surface area (TPSA) is 116 Å². The number of amides is 1. The summed E-state index contributed by atoms with van der Waals surface area (Å²) in [6.45, 7) is 5.13. The number of nitrogens with zero attached hydrogens (tertiary/aromatic N) is 1. The summed E-state index contributed by atoms with van der Waals surface area (Å²) in [4.78, 5) is 28.6. The second-order valence-corrected chi connectivity index (χ2v) is 11.4. The average molecular weight is 637 g/mol. The van der Waals surface area contributed by atoms with Crippen molar-refractivity contribution in [3.63, 3.8) is 0 Å². The van der Waals surface area contributed by atoms with Gasteiger partial charge < -0.3 is 34.1 Å². The lowest BCUT2D eigenvalue weighted by molar-refractivity contribution is -0.143. The Labute approximate surface area is 268 Å². The lowest BCUT2D eigenvalue weighted by atomic mass is 9.82. The number of methoxy groups -OCH3 is 2. The quantitative estimate of drug-likeness (QED) is 0.219. The molecule has 0 aromatic heterocycles. The van der Waals surface area contributed by atoms with Crippen LogP contribution in [-0.4, -0.2) is 69.2 Å². The first-order valence-corrected chi connectivity index (χ1v) is 15.5. The molecule has 1 amide bonds. The Kier molecular flexibility index (Phi) is 10.6. The lowest BCUT2D eigenvalue weighted by Crippen LogP contribution is -2.35. The maximum absolute atomic E-state index is 14.3. The Hall–Kier alpha value is -4.35. The number of carboxylic acids is 1. The van der Waals surface area contributed by atoms with Gasteiger partial charge in [-0.3, -0.25) is 14.5 Å². The Balaban J connectivity index is 1.48. The molecule has 1 unspecified atom stereocenters. The van der Waals surface area contributed by atoms with E-state index >= 15 is 0 Å². The summed E-state index contributed by atoms with van der Waals surface area (Å²) in [5.74, 6) is -1.000. The summed E-state index contributed by atoms with van der Waals surface area (Å²) < 4.78 is 41.9. The van der Waals surface area contributed by atoms with Crippen molar-refractivity contribution in [3.05, 3.63) is 76.6 Å². The number of nitrogens with one attached hydrogen (secondary N) is 1. The predicted octanol–water partition coefficient (Wildman–Crippen LogP) is 5.58. The first-order valence-electron chi connectivity index (χ1n) is 15.5. The molecule has 0 saturated carbocycles. The second-order valence-electron chi connectivity index (χ2n) is 11.4. The van der Waals surface area contributed by atoms with Crippen molar-refractivity contribution >= 4 is 17.6 Å². The van der Waals surface area contributed by atoms with E-state index < -0.39 is 23.8 Å². The van der Waals surface area contributed by atoms with Gasteiger partial charge >= 0.3 is 5.97 Å². The smallest absolute Gasteiger partial charge is 0.309 e. The predicted molar refractivity (Wildman–Crippen MR) is 170 cm³/mol. The maximum atomic E-state index is 14.3. The van der Waals surface area contributed by atoms with E-state index in [1.807, 2.05) is 43.0 Å². The first kappa shape index (κ1) is 33.0. The number of hydrogen-bond donors (Lipinski definition) is 2. The molecule has 0 aliphatic carbocycles. The minimum absolute atomic E-state index is 0.0415. The van der Waals surface area contributed by atoms with Crippen LogP contribution < -0.4 is 24.3 Å². The Morgan fingerprint density at radius 2 is 1.72 bits per heavy atom. The van der Waals surface area contributed by atoms with Crippen LogP contribution in [0, 0.1) is 11.7 Å². The van der Waals surface area contributed by atoms with E-state index in [1.165, 1.54) is 19.2 Å². The van der Waals surface area contributed by atoms with Gasteiger partial charge in [-0.25, -0.2) is 4.39 Å². The van der Waals surface area contributed by atoms with Gasteiger partial charge in [-0.1, -0.05) is 26.0 Å². The number of hydrogen-bond acceptors (Lipinski definition) is 8. The Morgan fingerprint density at radius 1 is 1.00 bits per heavy atom. The van der Waals surface area contributed by atoms with Crippen molar-refractivity contribution < 1.29 is 42.8 Å². The van der Waals surface area contributed by atoms with Crippen LogP contribution >= 0.6 is 0 Å². The fourth-order valence-electron chi connectivity index (χ4n) is 6.45. The van der Waals surface area contributed by atoms with Crippen molar-refractivity contribution in [3.8, 4) is 23.0 Å². The largest absolute Gasteiger partial charge is 0.494 e. The molecular formula is C35H41FN2O8. The van der Waals surface area contributed by atoms with Crippen molar-refractivity contribution in [2.45, 2.75) is 45.1 Å². The number of rotatable bonds is 14. The molecule has 3 aromatic carbocycles. The van der Waals surface area contributed by atoms with Crippen LogP contribution in [0.2, 0.25) is 0 Å². The number of likely N-dealkylation sites (tertiary alicyclic amines) is 1. The van der Waals surface area contributed by atoms with Crippen molar-refractivity contribution in [2.24, 2.45) is 5.92 Å². The summed E-state index contributed by atoms with van der Waals surface area (Å²) in [6.07, 6.45) is 1.82. The van der Waals surface area contributed by atoms with Crippen LogP contribution in [0.4, 0.5) is 10.1 Å². The van der Waals surface area contributed by atoms with E-state index in [-0.39, 0.29) is 31.6 Å².